The van der Waals surface area contributed by atoms with Crippen molar-refractivity contribution in [1.29, 1.82) is 0 Å². The lowest BCUT2D eigenvalue weighted by molar-refractivity contribution is 0.112. The monoisotopic (exact) mass is 245 g/mol. The molecule has 0 aliphatic rings. The number of nitrogens with two attached hydrogens (primary N) is 1. The highest BCUT2D eigenvalue weighted by molar-refractivity contribution is 7.98. The quantitative estimate of drug-likeness (QED) is 0.508. The maximum atomic E-state index is 10.6. The van der Waals surface area contributed by atoms with Crippen LogP contribution in [0.2, 0.25) is 0 Å². The zero-order chi connectivity index (χ0) is 12.1. The van der Waals surface area contributed by atoms with Crippen LogP contribution in [0.5, 0.6) is 0 Å². The lowest BCUT2D eigenvalue weighted by Crippen LogP contribution is -1.99. The predicted molar refractivity (Wildman–Crippen MR) is 67.8 cm³/mol. The number of aldehydes is 1. The molecule has 2 N–H and O–H groups in total. The number of aromatic nitrogens is 2. The van der Waals surface area contributed by atoms with Crippen LogP contribution in [-0.4, -0.2) is 16.3 Å². The number of benzene rings is 1. The van der Waals surface area contributed by atoms with Crippen molar-refractivity contribution in [3.8, 4) is 0 Å². The first-order chi connectivity index (χ1) is 8.29. The van der Waals surface area contributed by atoms with E-state index >= 15 is 0 Å². The average molecular weight is 245 g/mol. The maximum absolute atomic E-state index is 10.6. The molecule has 86 valence electrons. The van der Waals surface area contributed by atoms with E-state index in [1.54, 1.807) is 0 Å². The number of anilines is 1. The van der Waals surface area contributed by atoms with Crippen LogP contribution in [0.3, 0.4) is 0 Å². The number of hydrogen-bond acceptors (Lipinski definition) is 5. The van der Waals surface area contributed by atoms with Gasteiger partial charge in [0.25, 0.3) is 0 Å². The van der Waals surface area contributed by atoms with Crippen LogP contribution in [0.1, 0.15) is 15.9 Å². The topological polar surface area (TPSA) is 68.9 Å². The fourth-order valence-electron chi connectivity index (χ4n) is 1.27. The van der Waals surface area contributed by atoms with Gasteiger partial charge in [0.1, 0.15) is 5.82 Å². The summed E-state index contributed by atoms with van der Waals surface area (Å²) < 4.78 is 0. The Hall–Kier alpha value is -1.88. The third-order valence-corrected chi connectivity index (χ3v) is 3.10. The highest BCUT2D eigenvalue weighted by atomic mass is 32.2. The van der Waals surface area contributed by atoms with Crippen LogP contribution < -0.4 is 5.73 Å². The first-order valence-electron chi connectivity index (χ1n) is 5.04. The number of hydrogen-bond donors (Lipinski definition) is 1. The minimum absolute atomic E-state index is 0.227. The molecular formula is C12H11N3OS. The van der Waals surface area contributed by atoms with E-state index in [-0.39, 0.29) is 5.82 Å². The normalized spacial score (nSPS) is 10.1. The minimum atomic E-state index is 0.227. The van der Waals surface area contributed by atoms with Gasteiger partial charge in [-0.1, -0.05) is 42.1 Å². The SMILES string of the molecule is Nc1nc(SCc2ccccc2)ncc1C=O. The minimum Gasteiger partial charge on any atom is -0.383 e. The molecule has 0 spiro atoms. The first-order valence-corrected chi connectivity index (χ1v) is 6.02. The zero-order valence-corrected chi connectivity index (χ0v) is 9.85. The van der Waals surface area contributed by atoms with Crippen molar-refractivity contribution in [2.45, 2.75) is 10.9 Å². The van der Waals surface area contributed by atoms with Gasteiger partial charge in [-0.15, -0.1) is 0 Å². The highest BCUT2D eigenvalue weighted by Crippen LogP contribution is 2.20. The van der Waals surface area contributed by atoms with E-state index in [2.05, 4.69) is 9.97 Å². The highest BCUT2D eigenvalue weighted by Gasteiger charge is 2.03. The van der Waals surface area contributed by atoms with Crippen molar-refractivity contribution >= 4 is 23.9 Å². The molecule has 1 aromatic heterocycles. The Balaban J connectivity index is 2.05. The summed E-state index contributed by atoms with van der Waals surface area (Å²) in [6.45, 7) is 0. The summed E-state index contributed by atoms with van der Waals surface area (Å²) in [6, 6.07) is 10.0. The number of nitrogen functional groups attached to an aromatic ring is 1. The summed E-state index contributed by atoms with van der Waals surface area (Å²) in [5.41, 5.74) is 7.13. The van der Waals surface area contributed by atoms with Crippen molar-refractivity contribution in [3.63, 3.8) is 0 Å². The van der Waals surface area contributed by atoms with Crippen molar-refractivity contribution in [1.82, 2.24) is 9.97 Å². The van der Waals surface area contributed by atoms with Crippen molar-refractivity contribution in [3.05, 3.63) is 47.7 Å². The Labute approximate surface area is 103 Å². The second kappa shape index (κ2) is 5.45. The molecule has 5 heteroatoms. The maximum Gasteiger partial charge on any atom is 0.189 e. The van der Waals surface area contributed by atoms with Gasteiger partial charge in [-0.25, -0.2) is 9.97 Å². The first kappa shape index (κ1) is 11.6. The number of carbonyl (C=O) groups is 1. The Morgan fingerprint density at radius 2 is 2.06 bits per heavy atom. The molecule has 0 amide bonds. The summed E-state index contributed by atoms with van der Waals surface area (Å²) in [6.07, 6.45) is 2.10. The molecule has 0 aliphatic carbocycles. The molecule has 0 radical (unpaired) electrons. The van der Waals surface area contributed by atoms with Gasteiger partial charge in [-0.05, 0) is 5.56 Å². The van der Waals surface area contributed by atoms with Crippen LogP contribution >= 0.6 is 11.8 Å². The number of thioether (sulfide) groups is 1. The van der Waals surface area contributed by atoms with Gasteiger partial charge in [-0.2, -0.15) is 0 Å². The predicted octanol–water partition coefficient (Wildman–Crippen LogP) is 2.16. The second-order valence-corrected chi connectivity index (χ2v) is 4.33. The van der Waals surface area contributed by atoms with Gasteiger partial charge >= 0.3 is 0 Å². The molecular weight excluding hydrogens is 234 g/mol. The summed E-state index contributed by atoms with van der Waals surface area (Å²) in [5, 5.41) is 0.581. The summed E-state index contributed by atoms with van der Waals surface area (Å²) >= 11 is 1.49. The summed E-state index contributed by atoms with van der Waals surface area (Å²) in [4.78, 5) is 18.7. The van der Waals surface area contributed by atoms with Gasteiger partial charge in [0.15, 0.2) is 11.4 Å². The smallest absolute Gasteiger partial charge is 0.189 e. The largest absolute Gasteiger partial charge is 0.383 e. The van der Waals surface area contributed by atoms with Crippen LogP contribution in [0, 0.1) is 0 Å². The third kappa shape index (κ3) is 3.04. The van der Waals surface area contributed by atoms with E-state index in [4.69, 9.17) is 5.73 Å². The van der Waals surface area contributed by atoms with E-state index in [0.717, 1.165) is 5.75 Å². The number of carbonyl (C=O) groups excluding carboxylic acids is 1. The molecule has 4 nitrogen and oxygen atoms in total. The van der Waals surface area contributed by atoms with Crippen molar-refractivity contribution in [2.75, 3.05) is 5.73 Å². The Morgan fingerprint density at radius 1 is 1.29 bits per heavy atom. The molecule has 0 bridgehead atoms. The van der Waals surface area contributed by atoms with Gasteiger partial charge in [0, 0.05) is 11.9 Å². The van der Waals surface area contributed by atoms with E-state index in [1.165, 1.54) is 23.5 Å². The fraction of sp³-hybridized carbons (Fsp3) is 0.0833. The molecule has 0 saturated heterocycles. The van der Waals surface area contributed by atoms with E-state index < -0.39 is 0 Å². The fourth-order valence-corrected chi connectivity index (χ4v) is 2.05. The Morgan fingerprint density at radius 3 is 2.71 bits per heavy atom. The standard InChI is InChI=1S/C12H11N3OS/c13-11-10(7-16)6-14-12(15-11)17-8-9-4-2-1-3-5-9/h1-7H,8H2,(H2,13,14,15). The van der Waals surface area contributed by atoms with Crippen LogP contribution in [0.15, 0.2) is 41.7 Å². The molecule has 0 unspecified atom stereocenters. The lowest BCUT2D eigenvalue weighted by Gasteiger charge is -2.02. The van der Waals surface area contributed by atoms with Crippen LogP contribution in [-0.2, 0) is 5.75 Å². The zero-order valence-electron chi connectivity index (χ0n) is 9.04. The lowest BCUT2D eigenvalue weighted by atomic mass is 10.2. The van der Waals surface area contributed by atoms with Crippen molar-refractivity contribution < 1.29 is 4.79 Å². The van der Waals surface area contributed by atoms with Gasteiger partial charge in [-0.3, -0.25) is 4.79 Å². The number of rotatable bonds is 4. The molecule has 0 aliphatic heterocycles. The van der Waals surface area contributed by atoms with Crippen LogP contribution in [0.4, 0.5) is 5.82 Å². The summed E-state index contributed by atoms with van der Waals surface area (Å²) in [7, 11) is 0. The summed E-state index contributed by atoms with van der Waals surface area (Å²) in [5.74, 6) is 1.01. The molecule has 0 fully saturated rings. The van der Waals surface area contributed by atoms with Crippen LogP contribution in [0.25, 0.3) is 0 Å². The molecule has 2 aromatic rings. The van der Waals surface area contributed by atoms with Gasteiger partial charge < -0.3 is 5.73 Å². The molecule has 17 heavy (non-hydrogen) atoms. The Kier molecular flexibility index (Phi) is 3.72. The van der Waals surface area contributed by atoms with Gasteiger partial charge in [0.05, 0.1) is 5.56 Å². The molecule has 0 atom stereocenters. The second-order valence-electron chi connectivity index (χ2n) is 3.39. The molecule has 2 rings (SSSR count). The molecule has 1 heterocycles. The van der Waals surface area contributed by atoms with E-state index in [9.17, 15) is 4.79 Å². The Bertz CT molecular complexity index is 516. The molecule has 1 aromatic carbocycles. The van der Waals surface area contributed by atoms with E-state index in [0.29, 0.717) is 17.0 Å². The van der Waals surface area contributed by atoms with Gasteiger partial charge in [0.2, 0.25) is 0 Å². The number of nitrogens with zero attached hydrogens (tertiary/aromatic N) is 2. The van der Waals surface area contributed by atoms with E-state index in [1.807, 2.05) is 30.3 Å². The third-order valence-electron chi connectivity index (χ3n) is 2.16. The van der Waals surface area contributed by atoms with Crippen molar-refractivity contribution in [2.24, 2.45) is 0 Å². The average Bonchev–Trinajstić information content (AvgIpc) is 2.38. The molecule has 0 saturated carbocycles.